The van der Waals surface area contributed by atoms with Crippen molar-refractivity contribution in [3.05, 3.63) is 33.9 Å². The van der Waals surface area contributed by atoms with Crippen LogP contribution < -0.4 is 0 Å². The van der Waals surface area contributed by atoms with Crippen LogP contribution in [0.1, 0.15) is 124 Å². The first-order valence-electron chi connectivity index (χ1n) is 13.5. The van der Waals surface area contributed by atoms with Gasteiger partial charge in [-0.2, -0.15) is 0 Å². The summed E-state index contributed by atoms with van der Waals surface area (Å²) in [5.41, 5.74) is 2.18. The number of phenolic OH excluding ortho intramolecular Hbond substituents is 1. The largest absolute Gasteiger partial charge is 0.507 e. The fourth-order valence-corrected chi connectivity index (χ4v) is 8.94. The molecule has 0 aliphatic heterocycles. The Morgan fingerprint density at radius 2 is 1.00 bits per heavy atom. The summed E-state index contributed by atoms with van der Waals surface area (Å²) in [4.78, 5) is 0. The van der Waals surface area contributed by atoms with Gasteiger partial charge in [-0.05, 0) is 115 Å². The zero-order chi connectivity index (χ0) is 28.7. The third-order valence-corrected chi connectivity index (χ3v) is 11.4. The van der Waals surface area contributed by atoms with Crippen molar-refractivity contribution in [1.29, 1.82) is 0 Å². The summed E-state index contributed by atoms with van der Waals surface area (Å²) in [6.45, 7) is 22.2. The molecular weight excluding hydrogens is 510 g/mol. The van der Waals surface area contributed by atoms with Crippen molar-refractivity contribution in [3.63, 3.8) is 0 Å². The molecule has 2 unspecified atom stereocenters. The quantitative estimate of drug-likeness (QED) is 0.213. The average Bonchev–Trinajstić information content (AvgIpc) is 2.74. The summed E-state index contributed by atoms with van der Waals surface area (Å²) in [5, 5.41) is 11.0. The van der Waals surface area contributed by atoms with Gasteiger partial charge in [0.25, 0.3) is 0 Å². The number of hydrogen-bond donors (Lipinski definition) is 1. The van der Waals surface area contributed by atoms with Gasteiger partial charge >= 0.3 is 15.2 Å². The van der Waals surface area contributed by atoms with Crippen LogP contribution in [0.5, 0.6) is 5.75 Å². The van der Waals surface area contributed by atoms with Gasteiger partial charge in [0.1, 0.15) is 5.75 Å². The third-order valence-electron chi connectivity index (χ3n) is 5.73. The molecule has 0 aliphatic rings. The van der Waals surface area contributed by atoms with Crippen LogP contribution in [0.15, 0.2) is 17.2 Å². The molecule has 7 nitrogen and oxygen atoms in total. The highest BCUT2D eigenvalue weighted by Gasteiger charge is 2.48. The fourth-order valence-electron chi connectivity index (χ4n) is 3.81. The molecule has 0 amide bonds. The molecule has 0 aromatic heterocycles. The van der Waals surface area contributed by atoms with Crippen LogP contribution in [0, 0.1) is 0 Å². The van der Waals surface area contributed by atoms with E-state index in [1.54, 1.807) is 61.5 Å². The van der Waals surface area contributed by atoms with E-state index in [0.29, 0.717) is 5.56 Å². The van der Waals surface area contributed by atoms with Gasteiger partial charge in [-0.3, -0.25) is 9.13 Å². The Balaban J connectivity index is 4.16. The van der Waals surface area contributed by atoms with Crippen molar-refractivity contribution in [2.75, 3.05) is 0 Å². The van der Waals surface area contributed by atoms with E-state index >= 15 is 0 Å². The molecule has 0 fully saturated rings. The van der Waals surface area contributed by atoms with E-state index in [0.717, 1.165) is 24.0 Å². The van der Waals surface area contributed by atoms with Gasteiger partial charge in [-0.1, -0.05) is 27.7 Å². The van der Waals surface area contributed by atoms with Crippen molar-refractivity contribution >= 4 is 21.3 Å². The lowest BCUT2D eigenvalue weighted by atomic mass is 9.88. The van der Waals surface area contributed by atoms with Crippen molar-refractivity contribution < 1.29 is 32.3 Å². The number of hydrogen-bond acceptors (Lipinski definition) is 7. The van der Waals surface area contributed by atoms with Gasteiger partial charge in [0.15, 0.2) is 5.06 Å². The van der Waals surface area contributed by atoms with Crippen LogP contribution in [-0.4, -0.2) is 29.5 Å². The minimum Gasteiger partial charge on any atom is -0.507 e. The first-order valence-corrected chi connectivity index (χ1v) is 16.6. The zero-order valence-electron chi connectivity index (χ0n) is 24.9. The summed E-state index contributed by atoms with van der Waals surface area (Å²) in [6, 6.07) is 3.69. The minimum atomic E-state index is -4.16. The Kier molecular flexibility index (Phi) is 13.3. The van der Waals surface area contributed by atoms with E-state index in [9.17, 15) is 14.2 Å². The summed E-state index contributed by atoms with van der Waals surface area (Å²) < 4.78 is 52.5. The summed E-state index contributed by atoms with van der Waals surface area (Å²) >= 11 is 0. The van der Waals surface area contributed by atoms with Gasteiger partial charge < -0.3 is 23.2 Å². The number of rotatable bonds is 15. The maximum atomic E-state index is 14.5. The minimum absolute atomic E-state index is 0.0795. The molecule has 0 bridgehead atoms. The van der Waals surface area contributed by atoms with E-state index in [2.05, 4.69) is 13.8 Å². The molecular formula is C28H50O7P2. The molecule has 0 heterocycles. The van der Waals surface area contributed by atoms with Crippen LogP contribution in [0.25, 0.3) is 6.08 Å². The Morgan fingerprint density at radius 1 is 0.703 bits per heavy atom. The lowest BCUT2D eigenvalue weighted by Crippen LogP contribution is -2.14. The summed E-state index contributed by atoms with van der Waals surface area (Å²) in [5.74, 6) is 0.425. The lowest BCUT2D eigenvalue weighted by molar-refractivity contribution is 0.138. The molecule has 2 atom stereocenters. The predicted octanol–water partition coefficient (Wildman–Crippen LogP) is 9.80. The maximum absolute atomic E-state index is 14.5. The van der Waals surface area contributed by atoms with E-state index in [-0.39, 0.29) is 22.6 Å². The first kappa shape index (κ1) is 34.1. The van der Waals surface area contributed by atoms with Crippen LogP contribution in [0.4, 0.5) is 0 Å². The summed E-state index contributed by atoms with van der Waals surface area (Å²) in [6.07, 6.45) is 1.29. The molecule has 214 valence electrons. The highest BCUT2D eigenvalue weighted by Crippen LogP contribution is 2.75. The van der Waals surface area contributed by atoms with Gasteiger partial charge in [0, 0.05) is 0 Å². The molecule has 37 heavy (non-hydrogen) atoms. The van der Waals surface area contributed by atoms with Crippen LogP contribution >= 0.6 is 15.2 Å². The highest BCUT2D eigenvalue weighted by molar-refractivity contribution is 7.79. The number of benzene rings is 1. The summed E-state index contributed by atoms with van der Waals surface area (Å²) in [7, 11) is -8.32. The van der Waals surface area contributed by atoms with E-state index in [1.165, 1.54) is 0 Å². The molecule has 0 radical (unpaired) electrons. The second-order valence-electron chi connectivity index (χ2n) is 10.8. The molecule has 1 N–H and O–H groups in total. The van der Waals surface area contributed by atoms with Crippen LogP contribution in [-0.2, 0) is 27.2 Å². The van der Waals surface area contributed by atoms with E-state index in [1.807, 2.05) is 26.0 Å². The zero-order valence-corrected chi connectivity index (χ0v) is 26.7. The monoisotopic (exact) mass is 560 g/mol. The molecule has 0 saturated carbocycles. The van der Waals surface area contributed by atoms with E-state index < -0.39 is 39.6 Å². The second kappa shape index (κ2) is 14.4. The standard InChI is InChI=1S/C28H50O7P2/c1-13-22(11)25-15-24(16-26(28(25)29)23(12)14-2)17-27(36(30,32-18(3)4)33-19(5)6)37(31,34-20(7)8)35-21(9)10/h15-23,29H,13-14H2,1-12H3. The Morgan fingerprint density at radius 3 is 1.24 bits per heavy atom. The first-order chi connectivity index (χ1) is 17.0. The molecule has 0 aliphatic carbocycles. The van der Waals surface area contributed by atoms with Gasteiger partial charge in [-0.25, -0.2) is 0 Å². The molecule has 1 rings (SSSR count). The number of phenols is 1. The number of aromatic hydroxyl groups is 1. The molecule has 9 heteroatoms. The van der Waals surface area contributed by atoms with E-state index in [4.69, 9.17) is 18.1 Å². The van der Waals surface area contributed by atoms with Crippen LogP contribution in [0.3, 0.4) is 0 Å². The van der Waals surface area contributed by atoms with Crippen molar-refractivity contribution in [2.24, 2.45) is 0 Å². The molecule has 1 aromatic carbocycles. The van der Waals surface area contributed by atoms with Gasteiger partial charge in [0.2, 0.25) is 0 Å². The third kappa shape index (κ3) is 9.64. The second-order valence-corrected chi connectivity index (χ2v) is 14.9. The Labute approximate surface area is 225 Å². The smallest absolute Gasteiger partial charge is 0.370 e. The van der Waals surface area contributed by atoms with Crippen molar-refractivity contribution in [1.82, 2.24) is 0 Å². The topological polar surface area (TPSA) is 91.3 Å². The Hall–Kier alpha value is -0.940. The van der Waals surface area contributed by atoms with Crippen molar-refractivity contribution in [3.8, 4) is 5.75 Å². The van der Waals surface area contributed by atoms with Gasteiger partial charge in [-0.15, -0.1) is 0 Å². The Bertz CT molecular complexity index is 899. The molecule has 0 spiro atoms. The van der Waals surface area contributed by atoms with Gasteiger partial charge in [0.05, 0.1) is 24.4 Å². The average molecular weight is 561 g/mol. The molecule has 1 aromatic rings. The SMILES string of the molecule is CCC(C)c1cc(C=C(P(=O)(OC(C)C)OC(C)C)P(=O)(OC(C)C)OC(C)C)cc(C(C)CC)c1O. The van der Waals surface area contributed by atoms with Crippen LogP contribution in [0.2, 0.25) is 0 Å². The fraction of sp³-hybridized carbons (Fsp3) is 0.714. The normalized spacial score (nSPS) is 14.6. The lowest BCUT2D eigenvalue weighted by Gasteiger charge is -2.31. The maximum Gasteiger partial charge on any atom is 0.370 e. The predicted molar refractivity (Wildman–Crippen MR) is 154 cm³/mol. The van der Waals surface area contributed by atoms with Crippen molar-refractivity contribution in [2.45, 2.75) is 132 Å². The highest BCUT2D eigenvalue weighted by atomic mass is 31.2. The molecule has 0 saturated heterocycles.